The van der Waals surface area contributed by atoms with Crippen LogP contribution in [-0.4, -0.2) is 80.3 Å². The molecule has 0 spiro atoms. The summed E-state index contributed by atoms with van der Waals surface area (Å²) in [5, 5.41) is 0. The molecule has 190 valence electrons. The van der Waals surface area contributed by atoms with E-state index in [0.29, 0.717) is 12.8 Å². The molecule has 0 aromatic heterocycles. The van der Waals surface area contributed by atoms with E-state index in [1.54, 1.807) is 0 Å². The maximum Gasteiger partial charge on any atom is 0.331 e. The minimum atomic E-state index is -3.51. The second-order valence-corrected chi connectivity index (χ2v) is 12.5. The smallest absolute Gasteiger partial charge is 0.331 e. The van der Waals surface area contributed by atoms with Gasteiger partial charge < -0.3 is 32.4 Å². The van der Waals surface area contributed by atoms with Gasteiger partial charge in [0, 0.05) is 39.0 Å². The van der Waals surface area contributed by atoms with Crippen LogP contribution in [0.25, 0.3) is 4.85 Å². The molecule has 3 aliphatic rings. The fourth-order valence-electron chi connectivity index (χ4n) is 4.35. The molecule has 0 saturated carbocycles. The van der Waals surface area contributed by atoms with Crippen molar-refractivity contribution in [3.63, 3.8) is 0 Å². The van der Waals surface area contributed by atoms with Crippen LogP contribution in [0, 0.1) is 12.5 Å². The first-order valence-electron chi connectivity index (χ1n) is 13.5. The van der Waals surface area contributed by atoms with Gasteiger partial charge >= 0.3 is 7.60 Å². The molecule has 1 unspecified atom stereocenters. The fourth-order valence-corrected chi connectivity index (χ4v) is 8.32. The summed E-state index contributed by atoms with van der Waals surface area (Å²) in [6.07, 6.45) is -0.825. The monoisotopic (exact) mass is 511 g/mol. The fraction of sp³-hybridized carbons (Fsp3) is 0.955. The van der Waals surface area contributed by atoms with Crippen LogP contribution in [0.2, 0.25) is 0 Å². The molecule has 0 aliphatic carbocycles. The maximum atomic E-state index is 13.6. The van der Waals surface area contributed by atoms with E-state index in [4.69, 9.17) is 38.3 Å². The maximum absolute atomic E-state index is 13.6. The van der Waals surface area contributed by atoms with Crippen molar-refractivity contribution in [3.8, 4) is 0 Å². The Balaban J connectivity index is 1.72. The van der Waals surface area contributed by atoms with Gasteiger partial charge in [-0.2, -0.15) is 0 Å². The van der Waals surface area contributed by atoms with Gasteiger partial charge in [-0.05, 0) is 47.4 Å². The third-order valence-electron chi connectivity index (χ3n) is 5.84. The van der Waals surface area contributed by atoms with E-state index in [9.17, 15) is 4.57 Å². The summed E-state index contributed by atoms with van der Waals surface area (Å²) >= 11 is 0. The van der Waals surface area contributed by atoms with Crippen LogP contribution in [0.15, 0.2) is 0 Å². The molecule has 0 amide bonds. The normalized spacial score (nSPS) is 41.8. The first-order chi connectivity index (χ1) is 17.1. The first-order valence-corrected chi connectivity index (χ1v) is 14.5. The van der Waals surface area contributed by atoms with Crippen LogP contribution >= 0.6 is 16.1 Å². The second kappa shape index (κ2) is 12.7. The summed E-state index contributed by atoms with van der Waals surface area (Å²) in [5.74, 6) is -0.208. The summed E-state index contributed by atoms with van der Waals surface area (Å²) in [7, 11) is -5.02. The molecule has 3 saturated heterocycles. The highest BCUT2D eigenvalue weighted by atomic mass is 31.2. The second-order valence-electron chi connectivity index (χ2n) is 9.06. The SMILES string of the molecule is [2H]C[C@H]1O[C@H]([3H])C[C@@H]1O[P@]1(=O)C[C@@H]([C@H]2O[C@H]([3H])C[C@@H]2OP(OCC[N+]#[C-])N(C(C)C)C(C)C)CCO1. The molecular formula is C22H40N2O7P2. The van der Waals surface area contributed by atoms with E-state index in [0.717, 1.165) is 0 Å². The topological polar surface area (TPSA) is 80.1 Å². The first kappa shape index (κ1) is 23.3. The highest BCUT2D eigenvalue weighted by Crippen LogP contribution is 2.57. The van der Waals surface area contributed by atoms with Gasteiger partial charge in [-0.3, -0.25) is 4.57 Å². The standard InChI is InChI=1S/C22H40N2O7P2/c1-16(2)24(17(3)4)32(28-14-10-23-6)30-21-9-12-27-22(21)19-7-13-29-33(25,15-19)31-20-8-11-26-18(20)5/h16-22H,7-15H2,1-5H3/t18-,19+,20+,21+,22-,32?,33+/m1/s1/i5D,11T,12T/t11-,12-,18-,19+,20+,21+,22-,32?,33+. The van der Waals surface area contributed by atoms with E-state index in [-0.39, 0.29) is 57.2 Å². The van der Waals surface area contributed by atoms with Crippen LogP contribution in [0.1, 0.15) is 58.0 Å². The van der Waals surface area contributed by atoms with E-state index in [1.807, 2.05) is 0 Å². The van der Waals surface area contributed by atoms with Crippen LogP contribution < -0.4 is 0 Å². The molecule has 11 heteroatoms. The Hall–Kier alpha value is -0.130. The van der Waals surface area contributed by atoms with Crippen molar-refractivity contribution in [1.82, 2.24) is 4.67 Å². The molecule has 0 N–H and O–H groups in total. The minimum absolute atomic E-state index is 0.0785. The Kier molecular flexibility index (Phi) is 8.97. The van der Waals surface area contributed by atoms with E-state index in [2.05, 4.69) is 37.2 Å². The summed E-state index contributed by atoms with van der Waals surface area (Å²) in [6.45, 7) is 14.4. The average Bonchev–Trinajstić information content (AvgIpc) is 3.33. The molecule has 3 heterocycles. The third kappa shape index (κ3) is 7.43. The van der Waals surface area contributed by atoms with Gasteiger partial charge in [0.2, 0.25) is 6.54 Å². The van der Waals surface area contributed by atoms with Crippen LogP contribution in [0.3, 0.4) is 0 Å². The summed E-state index contributed by atoms with van der Waals surface area (Å²) < 4.78 is 74.9. The number of hydrogen-bond acceptors (Lipinski definition) is 8. The van der Waals surface area contributed by atoms with Crippen molar-refractivity contribution in [2.24, 2.45) is 5.92 Å². The Morgan fingerprint density at radius 1 is 1.24 bits per heavy atom. The van der Waals surface area contributed by atoms with Crippen LogP contribution in [0.5, 0.6) is 0 Å². The Morgan fingerprint density at radius 3 is 2.67 bits per heavy atom. The van der Waals surface area contributed by atoms with Gasteiger partial charge in [0.1, 0.15) is 6.61 Å². The van der Waals surface area contributed by atoms with E-state index < -0.39 is 53.7 Å². The molecule has 0 bridgehead atoms. The zero-order valence-corrected chi connectivity index (χ0v) is 21.8. The number of ether oxygens (including phenoxy) is 2. The predicted octanol–water partition coefficient (Wildman–Crippen LogP) is 4.87. The van der Waals surface area contributed by atoms with Crippen LogP contribution in [-0.2, 0) is 32.1 Å². The molecule has 9 nitrogen and oxygen atoms in total. The summed E-state index contributed by atoms with van der Waals surface area (Å²) in [6, 6.07) is 0.292. The van der Waals surface area contributed by atoms with Crippen molar-refractivity contribution in [2.45, 2.75) is 90.4 Å². The van der Waals surface area contributed by atoms with E-state index >= 15 is 0 Å². The van der Waals surface area contributed by atoms with Crippen molar-refractivity contribution < 1.29 is 36.2 Å². The molecule has 9 atom stereocenters. The number of hydrogen-bond donors (Lipinski definition) is 0. The minimum Gasteiger partial charge on any atom is -0.376 e. The lowest BCUT2D eigenvalue weighted by Gasteiger charge is -2.39. The molecule has 0 aromatic carbocycles. The van der Waals surface area contributed by atoms with Crippen molar-refractivity contribution in [2.75, 3.05) is 39.1 Å². The van der Waals surface area contributed by atoms with Crippen molar-refractivity contribution in [1.29, 1.82) is 0 Å². The molecule has 0 aromatic rings. The number of rotatable bonds is 11. The van der Waals surface area contributed by atoms with Gasteiger partial charge in [0.15, 0.2) is 0 Å². The molecular weight excluding hydrogens is 466 g/mol. The molecule has 3 aliphatic heterocycles. The molecule has 3 rings (SSSR count). The highest BCUT2D eigenvalue weighted by molar-refractivity contribution is 7.53. The third-order valence-corrected chi connectivity index (χ3v) is 10.1. The van der Waals surface area contributed by atoms with E-state index in [1.165, 1.54) is 0 Å². The lowest BCUT2D eigenvalue weighted by molar-refractivity contribution is -0.00650. The quantitative estimate of drug-likeness (QED) is 0.221. The van der Waals surface area contributed by atoms with Gasteiger partial charge in [-0.15, -0.1) is 0 Å². The Morgan fingerprint density at radius 2 is 1.97 bits per heavy atom. The van der Waals surface area contributed by atoms with Crippen molar-refractivity contribution >= 4 is 16.1 Å². The van der Waals surface area contributed by atoms with Crippen LogP contribution in [0.4, 0.5) is 0 Å². The average molecular weight is 512 g/mol. The van der Waals surface area contributed by atoms with Gasteiger partial charge in [-0.25, -0.2) is 11.2 Å². The highest BCUT2D eigenvalue weighted by Gasteiger charge is 2.46. The van der Waals surface area contributed by atoms with Gasteiger partial charge in [-0.1, -0.05) is 0 Å². The van der Waals surface area contributed by atoms with Gasteiger partial charge in [0.25, 0.3) is 8.53 Å². The molecule has 0 radical (unpaired) electrons. The summed E-state index contributed by atoms with van der Waals surface area (Å²) in [5.41, 5.74) is 0. The Labute approximate surface area is 204 Å². The molecule has 33 heavy (non-hydrogen) atoms. The zero-order valence-electron chi connectivity index (χ0n) is 23.0. The number of nitrogens with zero attached hydrogens (tertiary/aromatic N) is 2. The Bertz CT molecular complexity index is 785. The predicted molar refractivity (Wildman–Crippen MR) is 127 cm³/mol. The van der Waals surface area contributed by atoms with Crippen molar-refractivity contribution in [3.05, 3.63) is 11.4 Å². The largest absolute Gasteiger partial charge is 0.376 e. The lowest BCUT2D eigenvalue weighted by Crippen LogP contribution is -2.39. The zero-order chi connectivity index (χ0) is 26.5. The van der Waals surface area contributed by atoms with Gasteiger partial charge in [0.05, 0.1) is 39.9 Å². The summed E-state index contributed by atoms with van der Waals surface area (Å²) in [4.78, 5) is 3.38. The lowest BCUT2D eigenvalue weighted by atomic mass is 9.97. The molecule has 3 fully saturated rings.